The molecule has 4 nitrogen and oxygen atoms in total. The van der Waals surface area contributed by atoms with Crippen LogP contribution in [0.5, 0.6) is 0 Å². The van der Waals surface area contributed by atoms with Crippen LogP contribution in [0.3, 0.4) is 0 Å². The largest absolute Gasteiger partial charge is 0.295 e. The second-order valence-corrected chi connectivity index (χ2v) is 7.60. The van der Waals surface area contributed by atoms with Gasteiger partial charge in [-0.15, -0.1) is 0 Å². The zero-order chi connectivity index (χ0) is 17.9. The lowest BCUT2D eigenvalue weighted by molar-refractivity contribution is 0.101. The van der Waals surface area contributed by atoms with Crippen molar-refractivity contribution in [1.29, 1.82) is 0 Å². The summed E-state index contributed by atoms with van der Waals surface area (Å²) in [5, 5.41) is 0. The van der Waals surface area contributed by atoms with Crippen LogP contribution in [0.15, 0.2) is 53.4 Å². The molecule has 6 heteroatoms. The number of alkyl halides is 1. The number of rotatable bonds is 6. The third-order valence-electron chi connectivity index (χ3n) is 3.59. The number of sulfonamides is 1. The molecule has 0 aromatic heterocycles. The number of carbonyl (C=O) groups is 1. The average Bonchev–Trinajstić information content (AvgIpc) is 2.53. The van der Waals surface area contributed by atoms with Gasteiger partial charge in [0.2, 0.25) is 0 Å². The molecule has 0 heterocycles. The molecule has 2 aromatic carbocycles. The summed E-state index contributed by atoms with van der Waals surface area (Å²) in [6, 6.07) is 12.5. The minimum atomic E-state index is -3.92. The lowest BCUT2D eigenvalue weighted by Gasteiger charge is -2.25. The molecule has 0 N–H and O–H groups in total. The highest BCUT2D eigenvalue weighted by atomic mass is 32.2. The van der Waals surface area contributed by atoms with Crippen LogP contribution in [0.25, 0.3) is 0 Å². The highest BCUT2D eigenvalue weighted by molar-refractivity contribution is 7.92. The lowest BCUT2D eigenvalue weighted by Crippen LogP contribution is -2.35. The van der Waals surface area contributed by atoms with Crippen molar-refractivity contribution in [1.82, 2.24) is 0 Å². The van der Waals surface area contributed by atoms with E-state index in [9.17, 15) is 17.6 Å². The first kappa shape index (κ1) is 18.1. The molecule has 0 fully saturated rings. The first-order valence-corrected chi connectivity index (χ1v) is 9.00. The van der Waals surface area contributed by atoms with Crippen LogP contribution in [-0.4, -0.2) is 26.9 Å². The Hall–Kier alpha value is -2.21. The van der Waals surface area contributed by atoms with Crippen LogP contribution in [0.4, 0.5) is 10.1 Å². The van der Waals surface area contributed by atoms with E-state index in [1.165, 1.54) is 38.1 Å². The number of Topliss-reactive ketones (excluding diaryl/α,β-unsaturated/α-hetero) is 1. The van der Waals surface area contributed by atoms with E-state index in [1.807, 2.05) is 6.92 Å². The number of benzene rings is 2. The molecular formula is C18H20FNO3S. The number of hydrogen-bond acceptors (Lipinski definition) is 3. The number of ketones is 1. The van der Waals surface area contributed by atoms with Crippen molar-refractivity contribution < 1.29 is 17.6 Å². The fourth-order valence-electron chi connectivity index (χ4n) is 2.27. The van der Waals surface area contributed by atoms with Gasteiger partial charge in [0.1, 0.15) is 6.17 Å². The molecule has 24 heavy (non-hydrogen) atoms. The normalized spacial score (nSPS) is 12.7. The molecule has 0 amide bonds. The third-order valence-corrected chi connectivity index (χ3v) is 5.40. The number of halogens is 1. The van der Waals surface area contributed by atoms with Crippen LogP contribution in [0.1, 0.15) is 29.8 Å². The van der Waals surface area contributed by atoms with Gasteiger partial charge in [-0.3, -0.25) is 9.10 Å². The maximum Gasteiger partial charge on any atom is 0.264 e. The van der Waals surface area contributed by atoms with Crippen molar-refractivity contribution >= 4 is 21.5 Å². The average molecular weight is 349 g/mol. The first-order chi connectivity index (χ1) is 11.2. The summed E-state index contributed by atoms with van der Waals surface area (Å²) in [6.45, 7) is 4.34. The Kier molecular flexibility index (Phi) is 5.39. The molecule has 128 valence electrons. The molecular weight excluding hydrogens is 329 g/mol. The number of aryl methyl sites for hydroxylation is 1. The van der Waals surface area contributed by atoms with Gasteiger partial charge in [-0.2, -0.15) is 0 Å². The van der Waals surface area contributed by atoms with E-state index in [-0.39, 0.29) is 17.2 Å². The highest BCUT2D eigenvalue weighted by Crippen LogP contribution is 2.25. The van der Waals surface area contributed by atoms with Crippen LogP contribution < -0.4 is 4.31 Å². The molecule has 0 aliphatic heterocycles. The van der Waals surface area contributed by atoms with Crippen LogP contribution >= 0.6 is 0 Å². The second-order valence-electron chi connectivity index (χ2n) is 5.73. The molecule has 1 atom stereocenters. The van der Waals surface area contributed by atoms with Crippen molar-refractivity contribution in [2.75, 3.05) is 10.8 Å². The van der Waals surface area contributed by atoms with E-state index in [0.29, 0.717) is 11.3 Å². The van der Waals surface area contributed by atoms with Gasteiger partial charge in [-0.05, 0) is 45.0 Å². The van der Waals surface area contributed by atoms with Crippen LogP contribution in [0.2, 0.25) is 0 Å². The van der Waals surface area contributed by atoms with E-state index in [0.717, 1.165) is 9.87 Å². The van der Waals surface area contributed by atoms with Crippen molar-refractivity contribution in [3.05, 3.63) is 59.7 Å². The third kappa shape index (κ3) is 4.00. The summed E-state index contributed by atoms with van der Waals surface area (Å²) in [7, 11) is -3.92. The summed E-state index contributed by atoms with van der Waals surface area (Å²) in [5.41, 5.74) is 1.81. The fourth-order valence-corrected chi connectivity index (χ4v) is 3.81. The van der Waals surface area contributed by atoms with Gasteiger partial charge in [0.05, 0.1) is 17.1 Å². The van der Waals surface area contributed by atoms with Crippen LogP contribution in [0, 0.1) is 6.92 Å². The Morgan fingerprint density at radius 3 is 2.08 bits per heavy atom. The summed E-state index contributed by atoms with van der Waals surface area (Å²) < 4.78 is 40.5. The minimum absolute atomic E-state index is 0.0220. The van der Waals surface area contributed by atoms with E-state index in [1.54, 1.807) is 24.3 Å². The summed E-state index contributed by atoms with van der Waals surface area (Å²) >= 11 is 0. The number of hydrogen-bond donors (Lipinski definition) is 0. The molecule has 2 rings (SSSR count). The van der Waals surface area contributed by atoms with Gasteiger partial charge >= 0.3 is 0 Å². The Labute approximate surface area is 142 Å². The van der Waals surface area contributed by atoms with E-state index >= 15 is 0 Å². The second kappa shape index (κ2) is 7.13. The number of nitrogens with zero attached hydrogens (tertiary/aromatic N) is 1. The zero-order valence-electron chi connectivity index (χ0n) is 13.9. The SMILES string of the molecule is CC(=O)c1ccc(S(=O)(=O)N(CC(C)F)c2ccc(C)cc2)cc1. The monoisotopic (exact) mass is 349 g/mol. The van der Waals surface area contributed by atoms with Gasteiger partial charge in [-0.25, -0.2) is 12.8 Å². The standard InChI is InChI=1S/C18H20FNO3S/c1-13-4-8-17(9-5-13)20(12-14(2)19)24(22,23)18-10-6-16(7-11-18)15(3)21/h4-11,14H,12H2,1-3H3. The Bertz CT molecular complexity index is 812. The highest BCUT2D eigenvalue weighted by Gasteiger charge is 2.26. The molecule has 0 saturated heterocycles. The summed E-state index contributed by atoms with van der Waals surface area (Å²) in [5.74, 6) is -0.147. The van der Waals surface area contributed by atoms with Gasteiger partial charge in [0.25, 0.3) is 10.0 Å². The van der Waals surface area contributed by atoms with Gasteiger partial charge in [-0.1, -0.05) is 29.8 Å². The summed E-state index contributed by atoms with van der Waals surface area (Å²) in [4.78, 5) is 11.4. The number of carbonyl (C=O) groups excluding carboxylic acids is 1. The minimum Gasteiger partial charge on any atom is -0.295 e. The predicted octanol–water partition coefficient (Wildman–Crippen LogP) is 3.75. The summed E-state index contributed by atoms with van der Waals surface area (Å²) in [6.07, 6.45) is -1.32. The molecule has 0 spiro atoms. The van der Waals surface area contributed by atoms with Crippen molar-refractivity contribution in [2.45, 2.75) is 31.8 Å². The van der Waals surface area contributed by atoms with E-state index in [4.69, 9.17) is 0 Å². The quantitative estimate of drug-likeness (QED) is 0.746. The molecule has 0 aliphatic rings. The Balaban J connectivity index is 2.46. The topological polar surface area (TPSA) is 54.5 Å². The van der Waals surface area contributed by atoms with E-state index < -0.39 is 16.2 Å². The number of anilines is 1. The molecule has 0 aliphatic carbocycles. The van der Waals surface area contributed by atoms with Crippen LogP contribution in [-0.2, 0) is 10.0 Å². The van der Waals surface area contributed by atoms with E-state index in [2.05, 4.69) is 0 Å². The molecule has 2 aromatic rings. The molecule has 1 unspecified atom stereocenters. The zero-order valence-corrected chi connectivity index (χ0v) is 14.7. The molecule has 0 radical (unpaired) electrons. The Morgan fingerprint density at radius 1 is 1.08 bits per heavy atom. The van der Waals surface area contributed by atoms with Gasteiger partial charge in [0, 0.05) is 5.56 Å². The smallest absolute Gasteiger partial charge is 0.264 e. The van der Waals surface area contributed by atoms with Gasteiger partial charge in [0.15, 0.2) is 5.78 Å². The van der Waals surface area contributed by atoms with Crippen molar-refractivity contribution in [3.8, 4) is 0 Å². The molecule has 0 bridgehead atoms. The maximum atomic E-state index is 13.6. The van der Waals surface area contributed by atoms with Crippen molar-refractivity contribution in [3.63, 3.8) is 0 Å². The van der Waals surface area contributed by atoms with Gasteiger partial charge < -0.3 is 0 Å². The maximum absolute atomic E-state index is 13.6. The lowest BCUT2D eigenvalue weighted by atomic mass is 10.2. The first-order valence-electron chi connectivity index (χ1n) is 7.56. The Morgan fingerprint density at radius 2 is 1.62 bits per heavy atom. The molecule has 0 saturated carbocycles. The fraction of sp³-hybridized carbons (Fsp3) is 0.278. The predicted molar refractivity (Wildman–Crippen MR) is 92.7 cm³/mol. The van der Waals surface area contributed by atoms with Crippen molar-refractivity contribution in [2.24, 2.45) is 0 Å².